The van der Waals surface area contributed by atoms with Gasteiger partial charge < -0.3 is 18.9 Å². The highest BCUT2D eigenvalue weighted by molar-refractivity contribution is 5.77. The summed E-state index contributed by atoms with van der Waals surface area (Å²) in [6, 6.07) is 10.1. The van der Waals surface area contributed by atoms with Gasteiger partial charge in [0.05, 0.1) is 25.7 Å². The molecule has 0 saturated carbocycles. The lowest BCUT2D eigenvalue weighted by molar-refractivity contribution is -0.153. The molecule has 1 atom stereocenters. The second kappa shape index (κ2) is 13.5. The Morgan fingerprint density at radius 3 is 2.46 bits per heavy atom. The Balaban J connectivity index is 2.49. The monoisotopic (exact) mass is 364 g/mol. The molecule has 0 aromatic heterocycles. The van der Waals surface area contributed by atoms with Crippen molar-refractivity contribution in [2.24, 2.45) is 5.41 Å². The van der Waals surface area contributed by atoms with Crippen LogP contribution in [0.25, 0.3) is 6.08 Å². The Kier molecular flexibility index (Phi) is 11.6. The van der Waals surface area contributed by atoms with E-state index >= 15 is 0 Å². The van der Waals surface area contributed by atoms with Gasteiger partial charge >= 0.3 is 5.97 Å². The van der Waals surface area contributed by atoms with Gasteiger partial charge in [0.1, 0.15) is 6.79 Å². The second-order valence-corrected chi connectivity index (χ2v) is 6.17. The van der Waals surface area contributed by atoms with Crippen molar-refractivity contribution in [3.8, 4) is 0 Å². The number of carbonyl (C=O) groups is 1. The normalized spacial score (nSPS) is 13.7. The lowest BCUT2D eigenvalue weighted by Crippen LogP contribution is -2.31. The van der Waals surface area contributed by atoms with Gasteiger partial charge in [0, 0.05) is 13.7 Å². The SMILES string of the molecule is CC[C@@](C/C=C/c1ccccc1)(CCCOCOCCOC)C(=O)OC. The largest absolute Gasteiger partial charge is 0.469 e. The number of hydrogen-bond acceptors (Lipinski definition) is 5. The lowest BCUT2D eigenvalue weighted by atomic mass is 9.77. The van der Waals surface area contributed by atoms with E-state index in [4.69, 9.17) is 18.9 Å². The number of methoxy groups -OCH3 is 2. The van der Waals surface area contributed by atoms with Crippen molar-refractivity contribution in [1.29, 1.82) is 0 Å². The fourth-order valence-corrected chi connectivity index (χ4v) is 2.79. The molecule has 5 heteroatoms. The number of hydrogen-bond donors (Lipinski definition) is 0. The Bertz CT molecular complexity index is 514. The Morgan fingerprint density at radius 2 is 1.81 bits per heavy atom. The molecule has 0 bridgehead atoms. The van der Waals surface area contributed by atoms with Gasteiger partial charge in [0.15, 0.2) is 0 Å². The highest BCUT2D eigenvalue weighted by Crippen LogP contribution is 2.34. The maximum absolute atomic E-state index is 12.4. The Labute approximate surface area is 157 Å². The van der Waals surface area contributed by atoms with Crippen LogP contribution in [0.5, 0.6) is 0 Å². The summed E-state index contributed by atoms with van der Waals surface area (Å²) in [4.78, 5) is 12.4. The summed E-state index contributed by atoms with van der Waals surface area (Å²) >= 11 is 0. The van der Waals surface area contributed by atoms with Crippen LogP contribution in [-0.2, 0) is 23.7 Å². The molecule has 0 unspecified atom stereocenters. The van der Waals surface area contributed by atoms with E-state index in [0.29, 0.717) is 32.7 Å². The van der Waals surface area contributed by atoms with Crippen LogP contribution in [0.3, 0.4) is 0 Å². The molecule has 5 nitrogen and oxygen atoms in total. The smallest absolute Gasteiger partial charge is 0.312 e. The predicted molar refractivity (Wildman–Crippen MR) is 103 cm³/mol. The average molecular weight is 364 g/mol. The molecule has 146 valence electrons. The summed E-state index contributed by atoms with van der Waals surface area (Å²) in [6.45, 7) is 3.89. The molecule has 0 saturated heterocycles. The van der Waals surface area contributed by atoms with Crippen LogP contribution in [0.2, 0.25) is 0 Å². The summed E-state index contributed by atoms with van der Waals surface area (Å²) in [5, 5.41) is 0. The minimum Gasteiger partial charge on any atom is -0.469 e. The molecule has 0 aliphatic heterocycles. The molecular formula is C21H32O5. The Morgan fingerprint density at radius 1 is 1.08 bits per heavy atom. The molecule has 0 spiro atoms. The lowest BCUT2D eigenvalue weighted by Gasteiger charge is -2.28. The van der Waals surface area contributed by atoms with Crippen molar-refractivity contribution < 1.29 is 23.7 Å². The quantitative estimate of drug-likeness (QED) is 0.283. The van der Waals surface area contributed by atoms with E-state index in [1.807, 2.05) is 43.3 Å². The van der Waals surface area contributed by atoms with Crippen molar-refractivity contribution >= 4 is 12.0 Å². The van der Waals surface area contributed by atoms with Gasteiger partial charge in [-0.15, -0.1) is 0 Å². The van der Waals surface area contributed by atoms with E-state index in [1.54, 1.807) is 7.11 Å². The van der Waals surface area contributed by atoms with Crippen LogP contribution >= 0.6 is 0 Å². The number of benzene rings is 1. The number of ether oxygens (including phenoxy) is 4. The fourth-order valence-electron chi connectivity index (χ4n) is 2.79. The summed E-state index contributed by atoms with van der Waals surface area (Å²) in [6.07, 6.45) is 6.97. The zero-order valence-corrected chi connectivity index (χ0v) is 16.2. The maximum atomic E-state index is 12.4. The molecule has 0 fully saturated rings. The average Bonchev–Trinajstić information content (AvgIpc) is 2.69. The predicted octanol–water partition coefficient (Wildman–Crippen LogP) is 4.08. The molecule has 0 heterocycles. The van der Waals surface area contributed by atoms with Crippen molar-refractivity contribution in [3.05, 3.63) is 42.0 Å². The highest BCUT2D eigenvalue weighted by atomic mass is 16.7. The summed E-state index contributed by atoms with van der Waals surface area (Å²) in [7, 11) is 3.08. The van der Waals surface area contributed by atoms with Crippen molar-refractivity contribution in [1.82, 2.24) is 0 Å². The summed E-state index contributed by atoms with van der Waals surface area (Å²) in [5.41, 5.74) is 0.610. The van der Waals surface area contributed by atoms with Gasteiger partial charge in [-0.25, -0.2) is 0 Å². The first-order chi connectivity index (χ1) is 12.7. The van der Waals surface area contributed by atoms with Crippen LogP contribution in [0.1, 0.15) is 38.2 Å². The molecule has 1 rings (SSSR count). The number of esters is 1. The highest BCUT2D eigenvalue weighted by Gasteiger charge is 2.36. The van der Waals surface area contributed by atoms with Gasteiger partial charge in [0.25, 0.3) is 0 Å². The van der Waals surface area contributed by atoms with Crippen LogP contribution in [0.15, 0.2) is 36.4 Å². The van der Waals surface area contributed by atoms with E-state index in [9.17, 15) is 4.79 Å². The summed E-state index contributed by atoms with van der Waals surface area (Å²) < 4.78 is 20.7. The fraction of sp³-hybridized carbons (Fsp3) is 0.571. The Hall–Kier alpha value is -1.69. The van der Waals surface area contributed by atoms with Crippen molar-refractivity contribution in [2.75, 3.05) is 40.8 Å². The van der Waals surface area contributed by atoms with Crippen LogP contribution in [0, 0.1) is 5.41 Å². The van der Waals surface area contributed by atoms with E-state index < -0.39 is 5.41 Å². The van der Waals surface area contributed by atoms with E-state index in [1.165, 1.54) is 7.11 Å². The van der Waals surface area contributed by atoms with E-state index in [-0.39, 0.29) is 12.8 Å². The van der Waals surface area contributed by atoms with Crippen LogP contribution < -0.4 is 0 Å². The first kappa shape index (κ1) is 22.4. The molecule has 0 N–H and O–H groups in total. The van der Waals surface area contributed by atoms with Gasteiger partial charge in [-0.1, -0.05) is 49.4 Å². The van der Waals surface area contributed by atoms with E-state index in [0.717, 1.165) is 18.4 Å². The molecule has 1 aromatic carbocycles. The minimum absolute atomic E-state index is 0.158. The first-order valence-corrected chi connectivity index (χ1v) is 9.13. The first-order valence-electron chi connectivity index (χ1n) is 9.13. The maximum Gasteiger partial charge on any atom is 0.312 e. The van der Waals surface area contributed by atoms with Gasteiger partial charge in [-0.3, -0.25) is 4.79 Å². The van der Waals surface area contributed by atoms with Crippen LogP contribution in [0.4, 0.5) is 0 Å². The third-order valence-electron chi connectivity index (χ3n) is 4.46. The van der Waals surface area contributed by atoms with Gasteiger partial charge in [0.2, 0.25) is 0 Å². The third kappa shape index (κ3) is 8.13. The molecule has 0 aliphatic rings. The molecular weight excluding hydrogens is 332 g/mol. The second-order valence-electron chi connectivity index (χ2n) is 6.17. The van der Waals surface area contributed by atoms with Crippen LogP contribution in [-0.4, -0.2) is 46.8 Å². The molecule has 26 heavy (non-hydrogen) atoms. The van der Waals surface area contributed by atoms with Crippen molar-refractivity contribution in [2.45, 2.75) is 32.6 Å². The standard InChI is InChI=1S/C21H32O5/c1-4-21(20(22)24-3,13-8-12-19-10-6-5-7-11-19)14-9-15-25-18-26-17-16-23-2/h5-8,10-12H,4,9,13-18H2,1-3H3/b12-8+/t21-/m1/s1. The summed E-state index contributed by atoms with van der Waals surface area (Å²) in [5.74, 6) is -0.158. The third-order valence-corrected chi connectivity index (χ3v) is 4.46. The van der Waals surface area contributed by atoms with Gasteiger partial charge in [-0.2, -0.15) is 0 Å². The number of rotatable bonds is 14. The molecule has 0 radical (unpaired) electrons. The zero-order valence-electron chi connectivity index (χ0n) is 16.2. The topological polar surface area (TPSA) is 54.0 Å². The molecule has 0 amide bonds. The molecule has 0 aliphatic carbocycles. The number of allylic oxidation sites excluding steroid dienone is 1. The zero-order chi connectivity index (χ0) is 19.1. The number of carbonyl (C=O) groups excluding carboxylic acids is 1. The van der Waals surface area contributed by atoms with E-state index in [2.05, 4.69) is 6.08 Å². The van der Waals surface area contributed by atoms with Crippen molar-refractivity contribution in [3.63, 3.8) is 0 Å². The molecule has 1 aromatic rings. The minimum atomic E-state index is -0.514. The van der Waals surface area contributed by atoms with Gasteiger partial charge in [-0.05, 0) is 31.2 Å².